The van der Waals surface area contributed by atoms with Crippen LogP contribution in [0.25, 0.3) is 0 Å². The highest BCUT2D eigenvalue weighted by atomic mass is 16.7. The van der Waals surface area contributed by atoms with Crippen molar-refractivity contribution >= 4 is 18.1 Å². The van der Waals surface area contributed by atoms with Crippen LogP contribution in [0.5, 0.6) is 0 Å². The first kappa shape index (κ1) is 19.3. The zero-order valence-electron chi connectivity index (χ0n) is 14.8. The van der Waals surface area contributed by atoms with Crippen LogP contribution in [0.4, 0.5) is 0 Å². The van der Waals surface area contributed by atoms with E-state index in [1.54, 1.807) is 36.4 Å². The molecule has 0 aliphatic heterocycles. The van der Waals surface area contributed by atoms with E-state index in [0.717, 1.165) is 0 Å². The molecule has 6 heteroatoms. The van der Waals surface area contributed by atoms with Crippen LogP contribution in [0.15, 0.2) is 54.6 Å². The Kier molecular flexibility index (Phi) is 7.05. The Balaban J connectivity index is 2.12. The molecule has 0 spiro atoms. The monoisotopic (exact) mass is 354 g/mol. The Morgan fingerprint density at radius 3 is 2.35 bits per heavy atom. The van der Waals surface area contributed by atoms with Crippen LogP contribution in [0, 0.1) is 5.92 Å². The lowest BCUT2D eigenvalue weighted by atomic mass is 10.1. The van der Waals surface area contributed by atoms with Gasteiger partial charge in [-0.05, 0) is 17.5 Å². The maximum Gasteiger partial charge on any atom is 0.275 e. The van der Waals surface area contributed by atoms with Gasteiger partial charge in [-0.25, -0.2) is 5.48 Å². The molecule has 136 valence electrons. The molecular formula is C20H22N2O4. The summed E-state index contributed by atoms with van der Waals surface area (Å²) in [7, 11) is 0. The highest BCUT2D eigenvalue weighted by Gasteiger charge is 2.23. The molecule has 0 unspecified atom stereocenters. The molecular weight excluding hydrogens is 332 g/mol. The van der Waals surface area contributed by atoms with Crippen LogP contribution in [-0.4, -0.2) is 24.6 Å². The minimum Gasteiger partial charge on any atom is -0.353 e. The summed E-state index contributed by atoms with van der Waals surface area (Å²) in [4.78, 5) is 41.3. The highest BCUT2D eigenvalue weighted by molar-refractivity contribution is 6.01. The molecule has 0 saturated heterocycles. The fourth-order valence-electron chi connectivity index (χ4n) is 2.27. The molecule has 0 saturated carbocycles. The number of rotatable bonds is 8. The molecule has 6 nitrogen and oxygen atoms in total. The quantitative estimate of drug-likeness (QED) is 0.564. The molecule has 26 heavy (non-hydrogen) atoms. The normalized spacial score (nSPS) is 11.7. The van der Waals surface area contributed by atoms with Crippen molar-refractivity contribution in [1.82, 2.24) is 10.8 Å². The average Bonchev–Trinajstić information content (AvgIpc) is 2.67. The topological polar surface area (TPSA) is 84.5 Å². The SMILES string of the molecule is CC(C)CNC(=O)[C@H](ONC(=O)c1ccccc1C=O)c1ccccc1. The van der Waals surface area contributed by atoms with Crippen LogP contribution in [0.1, 0.15) is 46.2 Å². The van der Waals surface area contributed by atoms with E-state index >= 15 is 0 Å². The summed E-state index contributed by atoms with van der Waals surface area (Å²) >= 11 is 0. The molecule has 2 aromatic rings. The lowest BCUT2D eigenvalue weighted by molar-refractivity contribution is -0.137. The van der Waals surface area contributed by atoms with Crippen molar-refractivity contribution in [3.05, 3.63) is 71.3 Å². The minimum atomic E-state index is -0.998. The standard InChI is InChI=1S/C20H22N2O4/c1-14(2)12-21-20(25)18(15-8-4-3-5-9-15)26-22-19(24)17-11-7-6-10-16(17)13-23/h3-11,13-14,18H,12H2,1-2H3,(H,21,25)(H,22,24)/t18-/m1/s1. The van der Waals surface area contributed by atoms with Gasteiger partial charge in [0.1, 0.15) is 0 Å². The van der Waals surface area contributed by atoms with E-state index in [9.17, 15) is 14.4 Å². The van der Waals surface area contributed by atoms with Crippen molar-refractivity contribution in [2.24, 2.45) is 5.92 Å². The lowest BCUT2D eigenvalue weighted by Gasteiger charge is -2.19. The molecule has 2 amide bonds. The van der Waals surface area contributed by atoms with Gasteiger partial charge < -0.3 is 5.32 Å². The number of aldehydes is 1. The molecule has 0 aliphatic rings. The third-order valence-corrected chi connectivity index (χ3v) is 3.63. The molecule has 1 atom stereocenters. The maximum absolute atomic E-state index is 12.5. The Bertz CT molecular complexity index is 759. The molecule has 0 aliphatic carbocycles. The Morgan fingerprint density at radius 2 is 1.69 bits per heavy atom. The summed E-state index contributed by atoms with van der Waals surface area (Å²) in [6, 6.07) is 15.2. The van der Waals surface area contributed by atoms with Crippen molar-refractivity contribution in [1.29, 1.82) is 0 Å². The second-order valence-corrected chi connectivity index (χ2v) is 6.18. The first-order chi connectivity index (χ1) is 12.5. The van der Waals surface area contributed by atoms with Crippen molar-refractivity contribution in [2.75, 3.05) is 6.54 Å². The molecule has 0 bridgehead atoms. The van der Waals surface area contributed by atoms with E-state index in [4.69, 9.17) is 4.84 Å². The molecule has 0 heterocycles. The van der Waals surface area contributed by atoms with Crippen LogP contribution in [0.3, 0.4) is 0 Å². The summed E-state index contributed by atoms with van der Waals surface area (Å²) in [6.45, 7) is 4.46. The van der Waals surface area contributed by atoms with Gasteiger partial charge >= 0.3 is 0 Å². The number of benzene rings is 2. The lowest BCUT2D eigenvalue weighted by Crippen LogP contribution is -2.37. The van der Waals surface area contributed by atoms with Gasteiger partial charge in [0.05, 0.1) is 5.56 Å². The maximum atomic E-state index is 12.5. The van der Waals surface area contributed by atoms with Crippen molar-refractivity contribution < 1.29 is 19.2 Å². The van der Waals surface area contributed by atoms with Crippen LogP contribution < -0.4 is 10.8 Å². The van der Waals surface area contributed by atoms with Crippen molar-refractivity contribution in [2.45, 2.75) is 20.0 Å². The molecule has 0 fully saturated rings. The number of hydrogen-bond donors (Lipinski definition) is 2. The van der Waals surface area contributed by atoms with Crippen molar-refractivity contribution in [3.63, 3.8) is 0 Å². The van der Waals surface area contributed by atoms with Gasteiger partial charge in [0, 0.05) is 12.1 Å². The van der Waals surface area contributed by atoms with Gasteiger partial charge in [0.2, 0.25) is 0 Å². The van der Waals surface area contributed by atoms with Gasteiger partial charge in [0.15, 0.2) is 12.4 Å². The summed E-state index contributed by atoms with van der Waals surface area (Å²) in [5.74, 6) is -0.663. The number of carbonyl (C=O) groups is 3. The van der Waals surface area contributed by atoms with E-state index in [0.29, 0.717) is 18.4 Å². The summed E-state index contributed by atoms with van der Waals surface area (Å²) in [5.41, 5.74) is 3.31. The van der Waals surface area contributed by atoms with Crippen LogP contribution >= 0.6 is 0 Å². The predicted molar refractivity (Wildman–Crippen MR) is 97.4 cm³/mol. The van der Waals surface area contributed by atoms with E-state index < -0.39 is 12.0 Å². The zero-order valence-corrected chi connectivity index (χ0v) is 14.8. The van der Waals surface area contributed by atoms with Crippen LogP contribution in [-0.2, 0) is 9.63 Å². The predicted octanol–water partition coefficient (Wildman–Crippen LogP) is 2.67. The molecule has 2 aromatic carbocycles. The summed E-state index contributed by atoms with van der Waals surface area (Å²) in [6.07, 6.45) is -0.402. The fraction of sp³-hybridized carbons (Fsp3) is 0.250. The third-order valence-electron chi connectivity index (χ3n) is 3.63. The smallest absolute Gasteiger partial charge is 0.275 e. The van der Waals surface area contributed by atoms with E-state index in [1.807, 2.05) is 19.9 Å². The first-order valence-corrected chi connectivity index (χ1v) is 8.35. The van der Waals surface area contributed by atoms with E-state index in [1.165, 1.54) is 12.1 Å². The molecule has 2 rings (SSSR count). The van der Waals surface area contributed by atoms with Gasteiger partial charge in [-0.3, -0.25) is 19.2 Å². The summed E-state index contributed by atoms with van der Waals surface area (Å²) < 4.78 is 0. The van der Waals surface area contributed by atoms with E-state index in [-0.39, 0.29) is 23.0 Å². The van der Waals surface area contributed by atoms with Gasteiger partial charge in [-0.15, -0.1) is 0 Å². The number of amides is 2. The highest BCUT2D eigenvalue weighted by Crippen LogP contribution is 2.17. The van der Waals surface area contributed by atoms with E-state index in [2.05, 4.69) is 10.8 Å². The molecule has 0 aromatic heterocycles. The minimum absolute atomic E-state index is 0.178. The van der Waals surface area contributed by atoms with Crippen molar-refractivity contribution in [3.8, 4) is 0 Å². The molecule has 2 N–H and O–H groups in total. The van der Waals surface area contributed by atoms with Gasteiger partial charge in [-0.2, -0.15) is 0 Å². The Labute approximate surface area is 152 Å². The zero-order chi connectivity index (χ0) is 18.9. The number of hydrogen-bond acceptors (Lipinski definition) is 4. The van der Waals surface area contributed by atoms with Gasteiger partial charge in [-0.1, -0.05) is 62.4 Å². The number of carbonyl (C=O) groups excluding carboxylic acids is 3. The number of nitrogens with one attached hydrogen (secondary N) is 2. The average molecular weight is 354 g/mol. The Morgan fingerprint density at radius 1 is 1.04 bits per heavy atom. The Hall–Kier alpha value is -2.99. The summed E-state index contributed by atoms with van der Waals surface area (Å²) in [5, 5.41) is 2.80. The fourth-order valence-corrected chi connectivity index (χ4v) is 2.27. The van der Waals surface area contributed by atoms with Gasteiger partial charge in [0.25, 0.3) is 11.8 Å². The third kappa shape index (κ3) is 5.26. The number of hydroxylamine groups is 1. The largest absolute Gasteiger partial charge is 0.353 e. The van der Waals surface area contributed by atoms with Crippen LogP contribution in [0.2, 0.25) is 0 Å². The second-order valence-electron chi connectivity index (χ2n) is 6.18. The molecule has 0 radical (unpaired) electrons. The second kappa shape index (κ2) is 9.48. The first-order valence-electron chi connectivity index (χ1n) is 8.35.